The number of ether oxygens (including phenoxy) is 2. The fourth-order valence-corrected chi connectivity index (χ4v) is 3.96. The molecule has 0 amide bonds. The maximum Gasteiger partial charge on any atom is 0.272 e. The Kier molecular flexibility index (Phi) is 5.27. The number of aromatic nitrogens is 3. The molecule has 1 fully saturated rings. The topological polar surface area (TPSA) is 66.2 Å². The lowest BCUT2D eigenvalue weighted by Crippen LogP contribution is -2.31. The second kappa shape index (κ2) is 7.72. The Hall–Kier alpha value is -2.51. The molecule has 3 aromatic rings. The third-order valence-electron chi connectivity index (χ3n) is 5.30. The molecule has 8 heteroatoms. The molecule has 0 unspecified atom stereocenters. The van der Waals surface area contributed by atoms with Crippen LogP contribution in [0.2, 0.25) is 5.02 Å². The Labute approximate surface area is 172 Å². The van der Waals surface area contributed by atoms with E-state index >= 15 is 0 Å². The van der Waals surface area contributed by atoms with Crippen LogP contribution >= 0.6 is 11.6 Å². The quantitative estimate of drug-likeness (QED) is 0.602. The average Bonchev–Trinajstić information content (AvgIpc) is 3.54. The summed E-state index contributed by atoms with van der Waals surface area (Å²) in [5.74, 6) is -0.115. The van der Waals surface area contributed by atoms with Crippen molar-refractivity contribution in [1.29, 1.82) is 0 Å². The normalized spacial score (nSPS) is 14.9. The van der Waals surface area contributed by atoms with E-state index in [0.717, 1.165) is 12.8 Å². The van der Waals surface area contributed by atoms with Gasteiger partial charge in [-0.3, -0.25) is 14.3 Å². The molecular formula is C21H21ClFN3O3. The SMILES string of the molecule is COC[C@H](C1CC1)n1c(=O)c(C)nc2c(-c3cc(F)c(OC)cc3Cl)nccc21. The van der Waals surface area contributed by atoms with E-state index in [1.54, 1.807) is 30.9 Å². The van der Waals surface area contributed by atoms with Crippen LogP contribution in [0.1, 0.15) is 24.6 Å². The largest absolute Gasteiger partial charge is 0.494 e. The zero-order valence-electron chi connectivity index (χ0n) is 16.4. The van der Waals surface area contributed by atoms with Gasteiger partial charge in [-0.1, -0.05) is 11.6 Å². The van der Waals surface area contributed by atoms with Gasteiger partial charge in [-0.15, -0.1) is 0 Å². The first-order chi connectivity index (χ1) is 14.0. The Morgan fingerprint density at radius 2 is 2.10 bits per heavy atom. The first-order valence-electron chi connectivity index (χ1n) is 9.36. The summed E-state index contributed by atoms with van der Waals surface area (Å²) in [6.07, 6.45) is 3.69. The lowest BCUT2D eigenvalue weighted by Gasteiger charge is -2.22. The number of rotatable bonds is 6. The van der Waals surface area contributed by atoms with Gasteiger partial charge < -0.3 is 9.47 Å². The molecule has 2 heterocycles. The third-order valence-corrected chi connectivity index (χ3v) is 5.61. The van der Waals surface area contributed by atoms with E-state index < -0.39 is 5.82 Å². The monoisotopic (exact) mass is 417 g/mol. The molecule has 0 bridgehead atoms. The van der Waals surface area contributed by atoms with Crippen LogP contribution in [0.25, 0.3) is 22.3 Å². The van der Waals surface area contributed by atoms with E-state index in [1.807, 2.05) is 0 Å². The van der Waals surface area contributed by atoms with Crippen LogP contribution < -0.4 is 10.3 Å². The summed E-state index contributed by atoms with van der Waals surface area (Å²) in [5, 5.41) is 0.288. The van der Waals surface area contributed by atoms with Gasteiger partial charge >= 0.3 is 0 Å². The van der Waals surface area contributed by atoms with Crippen molar-refractivity contribution in [2.24, 2.45) is 5.92 Å². The predicted molar refractivity (Wildman–Crippen MR) is 109 cm³/mol. The summed E-state index contributed by atoms with van der Waals surface area (Å²) in [7, 11) is 3.01. The van der Waals surface area contributed by atoms with Crippen molar-refractivity contribution in [2.75, 3.05) is 20.8 Å². The molecule has 4 rings (SSSR count). The summed E-state index contributed by atoms with van der Waals surface area (Å²) in [6, 6.07) is 4.36. The minimum absolute atomic E-state index is 0.0499. The first kappa shape index (κ1) is 19.8. The van der Waals surface area contributed by atoms with Crippen molar-refractivity contribution in [2.45, 2.75) is 25.8 Å². The van der Waals surface area contributed by atoms with Crippen molar-refractivity contribution in [3.8, 4) is 17.0 Å². The highest BCUT2D eigenvalue weighted by atomic mass is 35.5. The van der Waals surface area contributed by atoms with Gasteiger partial charge in [-0.25, -0.2) is 9.37 Å². The van der Waals surface area contributed by atoms with Crippen LogP contribution in [0.4, 0.5) is 4.39 Å². The van der Waals surface area contributed by atoms with Crippen LogP contribution in [0, 0.1) is 18.7 Å². The van der Waals surface area contributed by atoms with Crippen molar-refractivity contribution in [3.63, 3.8) is 0 Å². The smallest absolute Gasteiger partial charge is 0.272 e. The fourth-order valence-electron chi connectivity index (χ4n) is 3.71. The van der Waals surface area contributed by atoms with Crippen molar-refractivity contribution in [3.05, 3.63) is 51.3 Å². The number of pyridine rings is 1. The lowest BCUT2D eigenvalue weighted by molar-refractivity contribution is 0.145. The summed E-state index contributed by atoms with van der Waals surface area (Å²) in [5.41, 5.74) is 2.12. The molecule has 6 nitrogen and oxygen atoms in total. The van der Waals surface area contributed by atoms with Gasteiger partial charge in [0.25, 0.3) is 5.56 Å². The highest BCUT2D eigenvalue weighted by molar-refractivity contribution is 6.33. The van der Waals surface area contributed by atoms with Crippen LogP contribution in [0.3, 0.4) is 0 Å². The Morgan fingerprint density at radius 1 is 1.34 bits per heavy atom. The molecule has 1 aromatic carbocycles. The molecular weight excluding hydrogens is 397 g/mol. The van der Waals surface area contributed by atoms with Gasteiger partial charge in [-0.2, -0.15) is 0 Å². The predicted octanol–water partition coefficient (Wildman–Crippen LogP) is 4.17. The first-order valence-corrected chi connectivity index (χ1v) is 9.74. The van der Waals surface area contributed by atoms with Crippen molar-refractivity contribution in [1.82, 2.24) is 14.5 Å². The highest BCUT2D eigenvalue weighted by Crippen LogP contribution is 2.41. The molecule has 0 saturated heterocycles. The standard InChI is InChI=1S/C21H21ClFN3O3/c1-11-21(27)26(17(10-28-2)12-4-5-12)16-6-7-24-19(20(16)25-11)13-8-15(23)18(29-3)9-14(13)22/h6-9,12,17H,4-5,10H2,1-3H3/t17-/m1/s1. The number of benzene rings is 1. The lowest BCUT2D eigenvalue weighted by atomic mass is 10.1. The maximum absolute atomic E-state index is 14.4. The van der Waals surface area contributed by atoms with Crippen LogP contribution in [0.5, 0.6) is 5.75 Å². The van der Waals surface area contributed by atoms with Crippen molar-refractivity contribution >= 4 is 22.6 Å². The van der Waals surface area contributed by atoms with Crippen LogP contribution in [0.15, 0.2) is 29.2 Å². The molecule has 1 aliphatic rings. The van der Waals surface area contributed by atoms with E-state index in [2.05, 4.69) is 9.97 Å². The summed E-state index contributed by atoms with van der Waals surface area (Å²) in [6.45, 7) is 2.10. The van der Waals surface area contributed by atoms with Crippen LogP contribution in [-0.4, -0.2) is 35.4 Å². The summed E-state index contributed by atoms with van der Waals surface area (Å²) < 4.78 is 26.5. The number of aryl methyl sites for hydroxylation is 1. The minimum atomic E-state index is -0.550. The average molecular weight is 418 g/mol. The Bertz CT molecular complexity index is 1140. The summed E-state index contributed by atoms with van der Waals surface area (Å²) >= 11 is 6.40. The second-order valence-corrected chi connectivity index (χ2v) is 7.63. The fraction of sp³-hybridized carbons (Fsp3) is 0.381. The van der Waals surface area contributed by atoms with Gasteiger partial charge in [0, 0.05) is 24.9 Å². The van der Waals surface area contributed by atoms with E-state index in [-0.39, 0.29) is 22.4 Å². The molecule has 1 atom stereocenters. The number of fused-ring (bicyclic) bond motifs is 1. The Balaban J connectivity index is 2.00. The van der Waals surface area contributed by atoms with E-state index in [1.165, 1.54) is 19.2 Å². The third kappa shape index (κ3) is 3.49. The van der Waals surface area contributed by atoms with Gasteiger partial charge in [0.1, 0.15) is 11.2 Å². The number of hydrogen-bond donors (Lipinski definition) is 0. The number of methoxy groups -OCH3 is 2. The summed E-state index contributed by atoms with van der Waals surface area (Å²) in [4.78, 5) is 21.9. The molecule has 29 heavy (non-hydrogen) atoms. The van der Waals surface area contributed by atoms with Gasteiger partial charge in [0.05, 0.1) is 36.0 Å². The zero-order valence-corrected chi connectivity index (χ0v) is 17.2. The van der Waals surface area contributed by atoms with Crippen LogP contribution in [-0.2, 0) is 4.74 Å². The molecule has 0 N–H and O–H groups in total. The number of hydrogen-bond acceptors (Lipinski definition) is 5. The second-order valence-electron chi connectivity index (χ2n) is 7.23. The van der Waals surface area contributed by atoms with E-state index in [0.29, 0.717) is 40.5 Å². The molecule has 1 aliphatic carbocycles. The number of nitrogens with zero attached hydrogens (tertiary/aromatic N) is 3. The molecule has 0 spiro atoms. The molecule has 152 valence electrons. The molecule has 0 aliphatic heterocycles. The Morgan fingerprint density at radius 3 is 2.76 bits per heavy atom. The highest BCUT2D eigenvalue weighted by Gasteiger charge is 2.34. The van der Waals surface area contributed by atoms with Gasteiger partial charge in [0.15, 0.2) is 11.6 Å². The van der Waals surface area contributed by atoms with E-state index in [9.17, 15) is 9.18 Å². The van der Waals surface area contributed by atoms with Crippen molar-refractivity contribution < 1.29 is 13.9 Å². The molecule has 2 aromatic heterocycles. The molecule has 0 radical (unpaired) electrons. The minimum Gasteiger partial charge on any atom is -0.494 e. The maximum atomic E-state index is 14.4. The van der Waals surface area contributed by atoms with E-state index in [4.69, 9.17) is 21.1 Å². The molecule has 1 saturated carbocycles. The number of halogens is 2. The van der Waals surface area contributed by atoms with Gasteiger partial charge in [-0.05, 0) is 37.8 Å². The zero-order chi connectivity index (χ0) is 20.7. The van der Waals surface area contributed by atoms with Gasteiger partial charge in [0.2, 0.25) is 0 Å².